The van der Waals surface area contributed by atoms with Crippen molar-refractivity contribution in [3.05, 3.63) is 69.7 Å². The number of aromatic nitrogens is 1. The van der Waals surface area contributed by atoms with Crippen molar-refractivity contribution in [1.82, 2.24) is 4.98 Å². The molecule has 2 aromatic carbocycles. The third-order valence-corrected chi connectivity index (χ3v) is 7.93. The van der Waals surface area contributed by atoms with Gasteiger partial charge in [-0.25, -0.2) is 9.78 Å². The molecule has 1 saturated heterocycles. The Morgan fingerprint density at radius 1 is 1.05 bits per heavy atom. The first kappa shape index (κ1) is 31.6. The maximum absolute atomic E-state index is 13.6. The zero-order chi connectivity index (χ0) is 31.3. The van der Waals surface area contributed by atoms with Crippen LogP contribution >= 0.6 is 11.3 Å². The van der Waals surface area contributed by atoms with Gasteiger partial charge >= 0.3 is 11.9 Å². The molecule has 228 valence electrons. The number of anilines is 1. The number of amides is 1. The van der Waals surface area contributed by atoms with Crippen LogP contribution in [0.4, 0.5) is 5.13 Å². The van der Waals surface area contributed by atoms with Crippen LogP contribution in [-0.4, -0.2) is 54.7 Å². The maximum atomic E-state index is 13.6. The standard InChI is InChI=1S/C32H36N2O8S/c1-7-40-24-17-21(11-14-23(24)42-16-15-18(3)4)26-25(27(35)20-9-12-22(39-6)13-10-20)28(36)30(37)34(26)32-33-19(5)29(43-32)31(38)41-8-2/h9-14,17-18,26,35H,7-8,15-16H2,1-6H3/b27-25+. The summed E-state index contributed by atoms with van der Waals surface area (Å²) in [7, 11) is 1.52. The number of benzene rings is 2. The molecule has 1 unspecified atom stereocenters. The van der Waals surface area contributed by atoms with E-state index in [1.165, 1.54) is 12.0 Å². The number of nitrogens with zero attached hydrogens (tertiary/aromatic N) is 2. The lowest BCUT2D eigenvalue weighted by Crippen LogP contribution is -2.29. The van der Waals surface area contributed by atoms with Crippen LogP contribution in [0, 0.1) is 12.8 Å². The summed E-state index contributed by atoms with van der Waals surface area (Å²) in [5.41, 5.74) is 1.04. The molecule has 0 radical (unpaired) electrons. The molecule has 1 N–H and O–H groups in total. The average molecular weight is 609 g/mol. The van der Waals surface area contributed by atoms with Gasteiger partial charge in [-0.05, 0) is 75.1 Å². The van der Waals surface area contributed by atoms with E-state index in [4.69, 9.17) is 18.9 Å². The highest BCUT2D eigenvalue weighted by Gasteiger charge is 2.48. The Labute approximate surface area is 254 Å². The van der Waals surface area contributed by atoms with E-state index < -0.39 is 23.7 Å². The van der Waals surface area contributed by atoms with Crippen molar-refractivity contribution < 1.29 is 38.4 Å². The number of aryl methyl sites for hydroxylation is 1. The number of methoxy groups -OCH3 is 1. The number of carbonyl (C=O) groups is 3. The van der Waals surface area contributed by atoms with E-state index in [-0.39, 0.29) is 27.9 Å². The van der Waals surface area contributed by atoms with E-state index in [9.17, 15) is 19.5 Å². The predicted octanol–water partition coefficient (Wildman–Crippen LogP) is 6.09. The summed E-state index contributed by atoms with van der Waals surface area (Å²) in [6, 6.07) is 10.6. The zero-order valence-electron chi connectivity index (χ0n) is 25.1. The Hall–Kier alpha value is -4.38. The van der Waals surface area contributed by atoms with Crippen LogP contribution in [0.25, 0.3) is 5.76 Å². The van der Waals surface area contributed by atoms with Crippen molar-refractivity contribution >= 4 is 39.9 Å². The summed E-state index contributed by atoms with van der Waals surface area (Å²) in [5, 5.41) is 11.6. The molecule has 0 spiro atoms. The van der Waals surface area contributed by atoms with Crippen molar-refractivity contribution in [2.45, 2.75) is 47.1 Å². The number of carbonyl (C=O) groups excluding carboxylic acids is 3. The van der Waals surface area contributed by atoms with E-state index in [2.05, 4.69) is 18.8 Å². The summed E-state index contributed by atoms with van der Waals surface area (Å²) in [5.74, 6) is -0.742. The Kier molecular flexibility index (Phi) is 10.1. The van der Waals surface area contributed by atoms with Crippen molar-refractivity contribution in [3.8, 4) is 17.2 Å². The smallest absolute Gasteiger partial charge is 0.350 e. The van der Waals surface area contributed by atoms with E-state index in [0.29, 0.717) is 53.2 Å². The maximum Gasteiger partial charge on any atom is 0.350 e. The van der Waals surface area contributed by atoms with Gasteiger partial charge in [-0.1, -0.05) is 31.3 Å². The fourth-order valence-electron chi connectivity index (χ4n) is 4.61. The Bertz CT molecular complexity index is 1530. The molecule has 1 aromatic heterocycles. The van der Waals surface area contributed by atoms with E-state index >= 15 is 0 Å². The van der Waals surface area contributed by atoms with Gasteiger partial charge in [-0.2, -0.15) is 0 Å². The number of ether oxygens (including phenoxy) is 4. The Morgan fingerprint density at radius 2 is 1.77 bits per heavy atom. The van der Waals surface area contributed by atoms with Gasteiger partial charge in [0.25, 0.3) is 5.78 Å². The monoisotopic (exact) mass is 608 g/mol. The van der Waals surface area contributed by atoms with E-state index in [1.807, 2.05) is 6.92 Å². The number of hydrogen-bond acceptors (Lipinski definition) is 10. The number of thiazole rings is 1. The minimum atomic E-state index is -1.08. The highest BCUT2D eigenvalue weighted by molar-refractivity contribution is 7.17. The molecule has 0 aliphatic carbocycles. The lowest BCUT2D eigenvalue weighted by molar-refractivity contribution is -0.132. The second-order valence-electron chi connectivity index (χ2n) is 10.2. The number of Topliss-reactive ketones (excluding diaryl/α,β-unsaturated/α-hetero) is 1. The van der Waals surface area contributed by atoms with Gasteiger partial charge in [0.1, 0.15) is 16.4 Å². The fraction of sp³-hybridized carbons (Fsp3) is 0.375. The summed E-state index contributed by atoms with van der Waals surface area (Å²) in [6.07, 6.45) is 0.849. The lowest BCUT2D eigenvalue weighted by atomic mass is 9.95. The van der Waals surface area contributed by atoms with Crippen molar-refractivity contribution in [3.63, 3.8) is 0 Å². The van der Waals surface area contributed by atoms with Gasteiger partial charge < -0.3 is 24.1 Å². The van der Waals surface area contributed by atoms with Crippen LogP contribution in [0.3, 0.4) is 0 Å². The number of rotatable bonds is 12. The highest BCUT2D eigenvalue weighted by atomic mass is 32.1. The molecular formula is C32H36N2O8S. The van der Waals surface area contributed by atoms with Gasteiger partial charge in [0, 0.05) is 5.56 Å². The van der Waals surface area contributed by atoms with Crippen LogP contribution in [0.15, 0.2) is 48.0 Å². The molecule has 1 amide bonds. The third-order valence-electron chi connectivity index (χ3n) is 6.80. The molecule has 10 nitrogen and oxygen atoms in total. The number of hydrogen-bond donors (Lipinski definition) is 1. The minimum absolute atomic E-state index is 0.122. The third kappa shape index (κ3) is 6.67. The van der Waals surface area contributed by atoms with Gasteiger partial charge in [0.2, 0.25) is 0 Å². The first-order chi connectivity index (χ1) is 20.6. The van der Waals surface area contributed by atoms with Gasteiger partial charge in [0.05, 0.1) is 44.2 Å². The van der Waals surface area contributed by atoms with Gasteiger partial charge in [0.15, 0.2) is 16.6 Å². The summed E-state index contributed by atoms with van der Waals surface area (Å²) < 4.78 is 22.3. The predicted molar refractivity (Wildman–Crippen MR) is 163 cm³/mol. The van der Waals surface area contributed by atoms with Crippen LogP contribution < -0.4 is 19.1 Å². The molecule has 1 atom stereocenters. The first-order valence-corrected chi connectivity index (χ1v) is 14.9. The summed E-state index contributed by atoms with van der Waals surface area (Å²) >= 11 is 0.945. The highest BCUT2D eigenvalue weighted by Crippen LogP contribution is 2.45. The molecule has 0 bridgehead atoms. The Morgan fingerprint density at radius 3 is 2.40 bits per heavy atom. The lowest BCUT2D eigenvalue weighted by Gasteiger charge is -2.24. The molecule has 0 saturated carbocycles. The number of aliphatic hydroxyl groups is 1. The Balaban J connectivity index is 1.88. The normalized spacial score (nSPS) is 16.1. The summed E-state index contributed by atoms with van der Waals surface area (Å²) in [4.78, 5) is 45.7. The number of ketones is 1. The molecule has 3 aromatic rings. The quantitative estimate of drug-likeness (QED) is 0.113. The van der Waals surface area contributed by atoms with Gasteiger partial charge in [-0.15, -0.1) is 0 Å². The second kappa shape index (κ2) is 13.7. The first-order valence-electron chi connectivity index (χ1n) is 14.1. The van der Waals surface area contributed by atoms with Gasteiger partial charge in [-0.3, -0.25) is 14.5 Å². The molecule has 1 aliphatic rings. The number of esters is 1. The fourth-order valence-corrected chi connectivity index (χ4v) is 5.60. The molecule has 1 aliphatic heterocycles. The van der Waals surface area contributed by atoms with Crippen LogP contribution in [-0.2, 0) is 14.3 Å². The molecule has 2 heterocycles. The minimum Gasteiger partial charge on any atom is -0.507 e. The molecule has 43 heavy (non-hydrogen) atoms. The number of aliphatic hydroxyl groups excluding tert-OH is 1. The van der Waals surface area contributed by atoms with Crippen LogP contribution in [0.5, 0.6) is 17.2 Å². The van der Waals surface area contributed by atoms with E-state index in [1.54, 1.807) is 56.3 Å². The van der Waals surface area contributed by atoms with Crippen molar-refractivity contribution in [1.29, 1.82) is 0 Å². The average Bonchev–Trinajstić information content (AvgIpc) is 3.49. The zero-order valence-corrected chi connectivity index (χ0v) is 25.9. The molecule has 1 fully saturated rings. The van der Waals surface area contributed by atoms with E-state index in [0.717, 1.165) is 17.8 Å². The molecule has 4 rings (SSSR count). The van der Waals surface area contributed by atoms with Crippen molar-refractivity contribution in [2.24, 2.45) is 5.92 Å². The molecule has 11 heteroatoms. The largest absolute Gasteiger partial charge is 0.507 e. The SMILES string of the molecule is CCOC(=O)c1sc(N2C(=O)C(=O)/C(=C(/O)c3ccc(OC)cc3)C2c2ccc(OCCC(C)C)c(OCC)c2)nc1C. The van der Waals surface area contributed by atoms with Crippen LogP contribution in [0.2, 0.25) is 0 Å². The molecular weight excluding hydrogens is 572 g/mol. The second-order valence-corrected chi connectivity index (χ2v) is 11.2. The topological polar surface area (TPSA) is 124 Å². The summed E-state index contributed by atoms with van der Waals surface area (Å²) in [6.45, 7) is 10.4. The van der Waals surface area contributed by atoms with Crippen LogP contribution in [0.1, 0.15) is 66.7 Å². The van der Waals surface area contributed by atoms with Crippen molar-refractivity contribution in [2.75, 3.05) is 31.8 Å².